The average Bonchev–Trinajstić information content (AvgIpc) is 2.87. The highest BCUT2D eigenvalue weighted by molar-refractivity contribution is 5.90. The number of aliphatic hydroxyl groups excluding tert-OH is 1. The Balaban J connectivity index is 2.32. The van der Waals surface area contributed by atoms with Gasteiger partial charge in [-0.25, -0.2) is 4.79 Å². The summed E-state index contributed by atoms with van der Waals surface area (Å²) in [7, 11) is 3.16. The van der Waals surface area contributed by atoms with Crippen molar-refractivity contribution < 1.29 is 29.2 Å². The molecule has 35 heavy (non-hydrogen) atoms. The Labute approximate surface area is 208 Å². The van der Waals surface area contributed by atoms with Gasteiger partial charge < -0.3 is 29.3 Å². The summed E-state index contributed by atoms with van der Waals surface area (Å²) >= 11 is 0. The molecule has 0 radical (unpaired) electrons. The number of carboxylic acids is 1. The van der Waals surface area contributed by atoms with Gasteiger partial charge in [0.25, 0.3) is 0 Å². The molecule has 2 aromatic carbocycles. The fraction of sp³-hybridized carbons (Fsp3) is 0.444. The lowest BCUT2D eigenvalue weighted by Gasteiger charge is -2.27. The number of unbranched alkanes of at least 4 members (excludes halogenated alkanes) is 2. The van der Waals surface area contributed by atoms with Crippen molar-refractivity contribution in [1.29, 1.82) is 0 Å². The summed E-state index contributed by atoms with van der Waals surface area (Å²) in [6, 6.07) is 13.3. The van der Waals surface area contributed by atoms with Crippen LogP contribution in [-0.4, -0.2) is 63.1 Å². The first-order chi connectivity index (χ1) is 16.9. The topological polar surface area (TPSA) is 100 Å². The predicted molar refractivity (Wildman–Crippen MR) is 138 cm³/mol. The van der Waals surface area contributed by atoms with E-state index in [2.05, 4.69) is 12.2 Å². The van der Waals surface area contributed by atoms with Crippen molar-refractivity contribution >= 4 is 17.7 Å². The lowest BCUT2D eigenvalue weighted by atomic mass is 10.0. The summed E-state index contributed by atoms with van der Waals surface area (Å²) in [6.07, 6.45) is 3.90. The third kappa shape index (κ3) is 8.90. The third-order valence-corrected chi connectivity index (χ3v) is 5.46. The number of nitrogens with one attached hydrogen (secondary N) is 1. The number of rotatable bonds is 16. The molecule has 0 aliphatic heterocycles. The molecule has 8 heteroatoms. The maximum absolute atomic E-state index is 11.3. The van der Waals surface area contributed by atoms with E-state index in [4.69, 9.17) is 14.2 Å². The maximum Gasteiger partial charge on any atom is 0.371 e. The van der Waals surface area contributed by atoms with Gasteiger partial charge in [-0.05, 0) is 55.3 Å². The summed E-state index contributed by atoms with van der Waals surface area (Å²) in [4.78, 5) is 13.1. The molecule has 2 aromatic rings. The van der Waals surface area contributed by atoms with Crippen LogP contribution in [0.1, 0.15) is 38.7 Å². The Morgan fingerprint density at radius 1 is 1.14 bits per heavy atom. The Hall–Kier alpha value is -3.07. The van der Waals surface area contributed by atoms with E-state index in [1.165, 1.54) is 13.2 Å². The van der Waals surface area contributed by atoms with Gasteiger partial charge in [-0.1, -0.05) is 44.0 Å². The van der Waals surface area contributed by atoms with Crippen molar-refractivity contribution in [2.45, 2.75) is 39.5 Å². The molecule has 0 aliphatic rings. The molecule has 0 aliphatic carbocycles. The van der Waals surface area contributed by atoms with Gasteiger partial charge in [0.05, 0.1) is 13.7 Å². The van der Waals surface area contributed by atoms with Crippen molar-refractivity contribution in [1.82, 2.24) is 5.32 Å². The van der Waals surface area contributed by atoms with Crippen molar-refractivity contribution in [3.8, 4) is 16.9 Å². The molecule has 3 N–H and O–H groups in total. The molecule has 0 fully saturated rings. The summed E-state index contributed by atoms with van der Waals surface area (Å²) < 4.78 is 16.4. The van der Waals surface area contributed by atoms with E-state index in [0.29, 0.717) is 31.1 Å². The SMILES string of the molecule is CCCCCNC(O)N(C)c1cccc(-c2ccc(/C=C(\OC)C(=O)O)cc2OCCOCC)c1. The van der Waals surface area contributed by atoms with Crippen LogP contribution >= 0.6 is 0 Å². The second-order valence-electron chi connectivity index (χ2n) is 8.01. The van der Waals surface area contributed by atoms with E-state index in [0.717, 1.165) is 42.6 Å². The molecule has 0 spiro atoms. The van der Waals surface area contributed by atoms with Crippen LogP contribution < -0.4 is 15.0 Å². The lowest BCUT2D eigenvalue weighted by molar-refractivity contribution is -0.135. The van der Waals surface area contributed by atoms with Crippen LogP contribution in [0.15, 0.2) is 48.2 Å². The molecule has 0 amide bonds. The first-order valence-corrected chi connectivity index (χ1v) is 12.0. The number of carbonyl (C=O) groups is 1. The predicted octanol–water partition coefficient (Wildman–Crippen LogP) is 4.33. The van der Waals surface area contributed by atoms with Crippen molar-refractivity contribution in [2.75, 3.05) is 45.4 Å². The Kier molecular flexibility index (Phi) is 12.1. The summed E-state index contributed by atoms with van der Waals surface area (Å²) in [5.74, 6) is -0.715. The second-order valence-corrected chi connectivity index (χ2v) is 8.01. The number of methoxy groups -OCH3 is 1. The molecule has 0 saturated carbocycles. The number of hydrogen-bond acceptors (Lipinski definition) is 7. The molecule has 192 valence electrons. The van der Waals surface area contributed by atoms with Gasteiger partial charge in [-0.2, -0.15) is 0 Å². The van der Waals surface area contributed by atoms with Crippen molar-refractivity contribution in [3.63, 3.8) is 0 Å². The zero-order valence-corrected chi connectivity index (χ0v) is 21.1. The quantitative estimate of drug-likeness (QED) is 0.140. The standard InChI is InChI=1S/C27H38N2O6/c1-5-7-8-14-28-27(32)29(3)22-11-9-10-21(19-22)23-13-12-20(18-25(33-4)26(30)31)17-24(23)35-16-15-34-6-2/h9-13,17-19,27-28,32H,5-8,14-16H2,1-4H3,(H,30,31)/b25-18-. The minimum atomic E-state index is -1.15. The van der Waals surface area contributed by atoms with Gasteiger partial charge in [0.15, 0.2) is 6.35 Å². The van der Waals surface area contributed by atoms with Crippen LogP contribution in [0, 0.1) is 0 Å². The molecule has 0 aromatic heterocycles. The van der Waals surface area contributed by atoms with E-state index in [9.17, 15) is 15.0 Å². The van der Waals surface area contributed by atoms with Gasteiger partial charge in [0, 0.05) is 24.9 Å². The molecule has 8 nitrogen and oxygen atoms in total. The van der Waals surface area contributed by atoms with Crippen LogP contribution in [0.4, 0.5) is 5.69 Å². The minimum Gasteiger partial charge on any atom is -0.491 e. The molecule has 0 bridgehead atoms. The lowest BCUT2D eigenvalue weighted by Crippen LogP contribution is -2.44. The smallest absolute Gasteiger partial charge is 0.371 e. The first kappa shape index (κ1) is 28.2. The van der Waals surface area contributed by atoms with E-state index < -0.39 is 12.3 Å². The highest BCUT2D eigenvalue weighted by atomic mass is 16.5. The first-order valence-electron chi connectivity index (χ1n) is 12.0. The zero-order chi connectivity index (χ0) is 25.6. The number of ether oxygens (including phenoxy) is 3. The highest BCUT2D eigenvalue weighted by Crippen LogP contribution is 2.34. The Morgan fingerprint density at radius 2 is 1.94 bits per heavy atom. The van der Waals surface area contributed by atoms with E-state index in [-0.39, 0.29) is 5.76 Å². The molecule has 0 saturated heterocycles. The third-order valence-electron chi connectivity index (χ3n) is 5.46. The van der Waals surface area contributed by atoms with Crippen LogP contribution in [0.5, 0.6) is 5.75 Å². The second kappa shape index (κ2) is 15.0. The summed E-state index contributed by atoms with van der Waals surface area (Å²) in [6.45, 7) is 6.19. The van der Waals surface area contributed by atoms with Crippen molar-refractivity contribution in [2.24, 2.45) is 0 Å². The Bertz CT molecular complexity index is 962. The van der Waals surface area contributed by atoms with E-state index >= 15 is 0 Å². The Morgan fingerprint density at radius 3 is 2.63 bits per heavy atom. The van der Waals surface area contributed by atoms with Gasteiger partial charge >= 0.3 is 5.97 Å². The zero-order valence-electron chi connectivity index (χ0n) is 21.1. The maximum atomic E-state index is 11.3. The van der Waals surface area contributed by atoms with E-state index in [1.807, 2.05) is 50.4 Å². The normalized spacial score (nSPS) is 12.3. The van der Waals surface area contributed by atoms with E-state index in [1.54, 1.807) is 11.0 Å². The summed E-state index contributed by atoms with van der Waals surface area (Å²) in [5, 5.41) is 23.0. The number of carboxylic acid groups (broad SMARTS) is 1. The highest BCUT2D eigenvalue weighted by Gasteiger charge is 2.14. The average molecular weight is 487 g/mol. The molecule has 1 unspecified atom stereocenters. The van der Waals surface area contributed by atoms with Crippen LogP contribution in [-0.2, 0) is 14.3 Å². The number of anilines is 1. The molecular weight excluding hydrogens is 448 g/mol. The summed E-state index contributed by atoms with van der Waals surface area (Å²) in [5.41, 5.74) is 3.22. The molecule has 2 rings (SSSR count). The largest absolute Gasteiger partial charge is 0.491 e. The number of benzene rings is 2. The van der Waals surface area contributed by atoms with Gasteiger partial charge in [0.2, 0.25) is 5.76 Å². The fourth-order valence-electron chi connectivity index (χ4n) is 3.48. The van der Waals surface area contributed by atoms with Gasteiger partial charge in [-0.3, -0.25) is 5.32 Å². The minimum absolute atomic E-state index is 0.165. The fourth-order valence-corrected chi connectivity index (χ4v) is 3.48. The van der Waals surface area contributed by atoms with Gasteiger partial charge in [0.1, 0.15) is 12.4 Å². The van der Waals surface area contributed by atoms with Crippen molar-refractivity contribution in [3.05, 3.63) is 53.8 Å². The monoisotopic (exact) mass is 486 g/mol. The van der Waals surface area contributed by atoms with Crippen LogP contribution in [0.3, 0.4) is 0 Å². The van der Waals surface area contributed by atoms with Crippen LogP contribution in [0.25, 0.3) is 17.2 Å². The van der Waals surface area contributed by atoms with Crippen LogP contribution in [0.2, 0.25) is 0 Å². The molecule has 1 atom stereocenters. The number of nitrogens with zero attached hydrogens (tertiary/aromatic N) is 1. The van der Waals surface area contributed by atoms with Gasteiger partial charge in [-0.15, -0.1) is 0 Å². The number of aliphatic carboxylic acids is 1. The number of aliphatic hydroxyl groups is 1. The molecule has 0 heterocycles. The number of hydrogen-bond donors (Lipinski definition) is 3. The molecular formula is C27H38N2O6.